The highest BCUT2D eigenvalue weighted by Gasteiger charge is 2.19. The Bertz CT molecular complexity index is 403. The molecule has 1 aromatic rings. The molecule has 0 aromatic heterocycles. The third-order valence-electron chi connectivity index (χ3n) is 2.36. The van der Waals surface area contributed by atoms with Gasteiger partial charge in [-0.2, -0.15) is 0 Å². The van der Waals surface area contributed by atoms with E-state index in [4.69, 9.17) is 6.42 Å². The van der Waals surface area contributed by atoms with Crippen LogP contribution >= 0.6 is 15.9 Å². The van der Waals surface area contributed by atoms with Crippen LogP contribution in [0.5, 0.6) is 0 Å². The highest BCUT2D eigenvalue weighted by atomic mass is 79.9. The van der Waals surface area contributed by atoms with Crippen LogP contribution in [0, 0.1) is 24.0 Å². The van der Waals surface area contributed by atoms with Crippen LogP contribution in [0.15, 0.2) is 16.6 Å². The molecule has 0 aliphatic heterocycles. The van der Waals surface area contributed by atoms with E-state index in [0.29, 0.717) is 11.0 Å². The van der Waals surface area contributed by atoms with Crippen molar-refractivity contribution < 1.29 is 8.78 Å². The van der Waals surface area contributed by atoms with E-state index in [1.165, 1.54) is 12.1 Å². The maximum absolute atomic E-state index is 13.7. The van der Waals surface area contributed by atoms with Crippen molar-refractivity contribution in [1.29, 1.82) is 0 Å². The molecule has 0 spiro atoms. The van der Waals surface area contributed by atoms with E-state index >= 15 is 0 Å². The molecular weight excluding hydrogens is 288 g/mol. The number of benzene rings is 1. The van der Waals surface area contributed by atoms with Crippen molar-refractivity contribution >= 4 is 15.9 Å². The molecule has 1 aromatic carbocycles. The molecule has 0 radical (unpaired) electrons. The van der Waals surface area contributed by atoms with Crippen LogP contribution in [0.3, 0.4) is 0 Å². The Morgan fingerprint density at radius 3 is 2.47 bits per heavy atom. The zero-order valence-electron chi connectivity index (χ0n) is 9.56. The second kappa shape index (κ2) is 6.73. The summed E-state index contributed by atoms with van der Waals surface area (Å²) in [5, 5.41) is 3.05. The van der Waals surface area contributed by atoms with Crippen molar-refractivity contribution in [2.75, 3.05) is 6.54 Å². The molecule has 1 unspecified atom stereocenters. The van der Waals surface area contributed by atoms with E-state index in [1.807, 2.05) is 6.92 Å². The van der Waals surface area contributed by atoms with E-state index in [2.05, 4.69) is 27.2 Å². The van der Waals surface area contributed by atoms with Crippen molar-refractivity contribution in [1.82, 2.24) is 5.32 Å². The van der Waals surface area contributed by atoms with Gasteiger partial charge in [-0.25, -0.2) is 8.78 Å². The predicted octanol–water partition coefficient (Wildman–Crippen LogP) is 3.79. The number of nitrogens with one attached hydrogen (secondary N) is 1. The van der Waals surface area contributed by atoms with Crippen molar-refractivity contribution in [2.45, 2.75) is 25.8 Å². The maximum Gasteiger partial charge on any atom is 0.132 e. The molecule has 0 aliphatic carbocycles. The number of rotatable bonds is 5. The Kier molecular flexibility index (Phi) is 5.60. The quantitative estimate of drug-likeness (QED) is 0.816. The third kappa shape index (κ3) is 3.79. The van der Waals surface area contributed by atoms with Gasteiger partial charge in [0.25, 0.3) is 0 Å². The largest absolute Gasteiger partial charge is 0.309 e. The fourth-order valence-corrected chi connectivity index (χ4v) is 2.00. The second-order valence-corrected chi connectivity index (χ2v) is 4.61. The molecule has 4 heteroatoms. The van der Waals surface area contributed by atoms with Gasteiger partial charge < -0.3 is 5.32 Å². The molecule has 17 heavy (non-hydrogen) atoms. The SMILES string of the molecule is C#CCC(NCCC)c1c(F)cc(Br)cc1F. The van der Waals surface area contributed by atoms with Gasteiger partial charge in [-0.15, -0.1) is 12.3 Å². The van der Waals surface area contributed by atoms with E-state index < -0.39 is 17.7 Å². The maximum atomic E-state index is 13.7. The lowest BCUT2D eigenvalue weighted by molar-refractivity contribution is 0.471. The van der Waals surface area contributed by atoms with E-state index in [1.54, 1.807) is 0 Å². The smallest absolute Gasteiger partial charge is 0.132 e. The van der Waals surface area contributed by atoms with Gasteiger partial charge in [0.1, 0.15) is 11.6 Å². The summed E-state index contributed by atoms with van der Waals surface area (Å²) in [5.74, 6) is 1.27. The fourth-order valence-electron chi connectivity index (χ4n) is 1.60. The van der Waals surface area contributed by atoms with Gasteiger partial charge in [0, 0.05) is 22.5 Å². The highest BCUT2D eigenvalue weighted by Crippen LogP contribution is 2.26. The summed E-state index contributed by atoms with van der Waals surface area (Å²) in [5.41, 5.74) is 0.0135. The van der Waals surface area contributed by atoms with Crippen LogP contribution in [0.1, 0.15) is 31.4 Å². The molecule has 1 N–H and O–H groups in total. The van der Waals surface area contributed by atoms with Crippen molar-refractivity contribution in [3.63, 3.8) is 0 Å². The summed E-state index contributed by atoms with van der Waals surface area (Å²) < 4.78 is 27.8. The number of hydrogen-bond acceptors (Lipinski definition) is 1. The minimum Gasteiger partial charge on any atom is -0.309 e. The third-order valence-corrected chi connectivity index (χ3v) is 2.81. The van der Waals surface area contributed by atoms with Crippen LogP contribution < -0.4 is 5.32 Å². The topological polar surface area (TPSA) is 12.0 Å². The zero-order chi connectivity index (χ0) is 12.8. The van der Waals surface area contributed by atoms with Gasteiger partial charge in [-0.05, 0) is 25.1 Å². The first kappa shape index (κ1) is 14.1. The van der Waals surface area contributed by atoms with Crippen molar-refractivity contribution in [2.24, 2.45) is 0 Å². The molecule has 92 valence electrons. The zero-order valence-corrected chi connectivity index (χ0v) is 11.2. The Balaban J connectivity index is 3.05. The van der Waals surface area contributed by atoms with Crippen LogP contribution in [0.2, 0.25) is 0 Å². The van der Waals surface area contributed by atoms with Gasteiger partial charge in [0.2, 0.25) is 0 Å². The summed E-state index contributed by atoms with van der Waals surface area (Å²) in [4.78, 5) is 0. The lowest BCUT2D eigenvalue weighted by atomic mass is 10.0. The standard InChI is InChI=1S/C13H14BrF2N/c1-3-5-12(17-6-4-2)13-10(15)7-9(14)8-11(13)16/h1,7-8,12,17H,4-6H2,2H3. The molecule has 0 saturated heterocycles. The van der Waals surface area contributed by atoms with Crippen molar-refractivity contribution in [3.05, 3.63) is 33.8 Å². The minimum atomic E-state index is -0.583. The molecule has 0 amide bonds. The lowest BCUT2D eigenvalue weighted by Gasteiger charge is -2.18. The molecule has 1 rings (SSSR count). The Hall–Kier alpha value is -0.920. The second-order valence-electron chi connectivity index (χ2n) is 3.70. The van der Waals surface area contributed by atoms with Crippen LogP contribution in [0.4, 0.5) is 8.78 Å². The van der Waals surface area contributed by atoms with Gasteiger partial charge in [-0.1, -0.05) is 22.9 Å². The summed E-state index contributed by atoms with van der Waals surface area (Å²) in [6.07, 6.45) is 6.36. The van der Waals surface area contributed by atoms with Crippen LogP contribution in [0.25, 0.3) is 0 Å². The summed E-state index contributed by atoms with van der Waals surface area (Å²) >= 11 is 3.05. The van der Waals surface area contributed by atoms with Gasteiger partial charge in [0.15, 0.2) is 0 Å². The first-order chi connectivity index (χ1) is 8.10. The molecule has 0 heterocycles. The normalized spacial score (nSPS) is 12.2. The van der Waals surface area contributed by atoms with Crippen LogP contribution in [-0.2, 0) is 0 Å². The predicted molar refractivity (Wildman–Crippen MR) is 68.5 cm³/mol. The first-order valence-corrected chi connectivity index (χ1v) is 6.20. The van der Waals surface area contributed by atoms with E-state index in [9.17, 15) is 8.78 Å². The van der Waals surface area contributed by atoms with Gasteiger partial charge in [0.05, 0.1) is 0 Å². The summed E-state index contributed by atoms with van der Waals surface area (Å²) in [6.45, 7) is 2.65. The van der Waals surface area contributed by atoms with E-state index in [-0.39, 0.29) is 12.0 Å². The van der Waals surface area contributed by atoms with Crippen molar-refractivity contribution in [3.8, 4) is 12.3 Å². The van der Waals surface area contributed by atoms with Crippen LogP contribution in [-0.4, -0.2) is 6.54 Å². The molecule has 0 aliphatic rings. The Morgan fingerprint density at radius 1 is 1.41 bits per heavy atom. The summed E-state index contributed by atoms with van der Waals surface area (Å²) in [6, 6.07) is 2.01. The Labute approximate surface area is 109 Å². The average molecular weight is 302 g/mol. The molecule has 0 bridgehead atoms. The number of terminal acetylenes is 1. The van der Waals surface area contributed by atoms with Gasteiger partial charge in [-0.3, -0.25) is 0 Å². The summed E-state index contributed by atoms with van der Waals surface area (Å²) in [7, 11) is 0. The molecular formula is C13H14BrF2N. The molecule has 0 fully saturated rings. The number of hydrogen-bond donors (Lipinski definition) is 1. The molecule has 0 saturated carbocycles. The molecule has 1 atom stereocenters. The molecule has 1 nitrogen and oxygen atoms in total. The van der Waals surface area contributed by atoms with Gasteiger partial charge >= 0.3 is 0 Å². The number of halogens is 3. The monoisotopic (exact) mass is 301 g/mol. The minimum absolute atomic E-state index is 0.0135. The highest BCUT2D eigenvalue weighted by molar-refractivity contribution is 9.10. The Morgan fingerprint density at radius 2 is 2.00 bits per heavy atom. The van der Waals surface area contributed by atoms with E-state index in [0.717, 1.165) is 6.42 Å². The lowest BCUT2D eigenvalue weighted by Crippen LogP contribution is -2.23. The fraction of sp³-hybridized carbons (Fsp3) is 0.385. The first-order valence-electron chi connectivity index (χ1n) is 5.41. The average Bonchev–Trinajstić information content (AvgIpc) is 2.24.